The van der Waals surface area contributed by atoms with E-state index in [2.05, 4.69) is 21.0 Å². The molecule has 2 amide bonds. The number of hydrogen-bond donors (Lipinski definition) is 1. The van der Waals surface area contributed by atoms with Gasteiger partial charge in [0.15, 0.2) is 0 Å². The summed E-state index contributed by atoms with van der Waals surface area (Å²) in [6.07, 6.45) is 6.42. The Labute approximate surface area is 192 Å². The number of aromatic carboxylic acids is 1. The van der Waals surface area contributed by atoms with Gasteiger partial charge in [-0.05, 0) is 54.2 Å². The molecule has 1 heterocycles. The third-order valence-electron chi connectivity index (χ3n) is 6.30. The van der Waals surface area contributed by atoms with Gasteiger partial charge in [-0.3, -0.25) is 9.59 Å². The van der Waals surface area contributed by atoms with Gasteiger partial charge in [0.1, 0.15) is 12.4 Å². The summed E-state index contributed by atoms with van der Waals surface area (Å²) in [5, 5.41) is 14.4. The summed E-state index contributed by atoms with van der Waals surface area (Å²) in [7, 11) is 0. The van der Waals surface area contributed by atoms with E-state index in [9.17, 15) is 14.4 Å². The second-order valence-corrected chi connectivity index (χ2v) is 9.12. The van der Waals surface area contributed by atoms with Crippen LogP contribution in [0.15, 0.2) is 64.2 Å². The maximum absolute atomic E-state index is 12.8. The van der Waals surface area contributed by atoms with Crippen molar-refractivity contribution in [3.8, 4) is 5.75 Å². The minimum absolute atomic E-state index is 0.132. The van der Waals surface area contributed by atoms with E-state index >= 15 is 0 Å². The zero-order chi connectivity index (χ0) is 22.4. The molecule has 32 heavy (non-hydrogen) atoms. The number of halogens is 1. The van der Waals surface area contributed by atoms with Crippen LogP contribution in [0.4, 0.5) is 0 Å². The molecule has 2 aromatic carbocycles. The van der Waals surface area contributed by atoms with Crippen LogP contribution in [0.2, 0.25) is 0 Å². The number of carbonyl (C=O) groups is 3. The predicted octanol–water partition coefficient (Wildman–Crippen LogP) is 3.87. The molecule has 2 aliphatic carbocycles. The van der Waals surface area contributed by atoms with Crippen LogP contribution in [-0.2, 0) is 16.2 Å². The third-order valence-corrected chi connectivity index (χ3v) is 6.79. The number of carboxylic acids is 1. The van der Waals surface area contributed by atoms with Crippen molar-refractivity contribution < 1.29 is 24.2 Å². The number of imide groups is 1. The quantitative estimate of drug-likeness (QED) is 0.373. The van der Waals surface area contributed by atoms with Gasteiger partial charge < -0.3 is 9.84 Å². The highest BCUT2D eigenvalue weighted by molar-refractivity contribution is 9.10. The maximum Gasteiger partial charge on any atom is 0.335 e. The van der Waals surface area contributed by atoms with Gasteiger partial charge in [-0.15, -0.1) is 0 Å². The number of amides is 2. The molecule has 1 saturated heterocycles. The fourth-order valence-electron chi connectivity index (χ4n) is 4.83. The molecule has 3 aliphatic rings. The number of carbonyl (C=O) groups excluding carboxylic acids is 2. The van der Waals surface area contributed by atoms with Crippen molar-refractivity contribution >= 4 is 39.9 Å². The van der Waals surface area contributed by atoms with Crippen molar-refractivity contribution in [1.82, 2.24) is 5.01 Å². The van der Waals surface area contributed by atoms with Crippen molar-refractivity contribution in [2.75, 3.05) is 0 Å². The second kappa shape index (κ2) is 8.02. The first-order valence-electron chi connectivity index (χ1n) is 10.3. The highest BCUT2D eigenvalue weighted by atomic mass is 79.9. The molecule has 2 aromatic rings. The number of allylic oxidation sites excluding steroid dienone is 2. The Morgan fingerprint density at radius 3 is 2.53 bits per heavy atom. The van der Waals surface area contributed by atoms with Crippen LogP contribution in [0.25, 0.3) is 0 Å². The van der Waals surface area contributed by atoms with Gasteiger partial charge in [0.2, 0.25) is 0 Å². The first kappa shape index (κ1) is 20.6. The van der Waals surface area contributed by atoms with E-state index in [0.29, 0.717) is 16.9 Å². The molecule has 1 aliphatic heterocycles. The lowest BCUT2D eigenvalue weighted by atomic mass is 9.85. The van der Waals surface area contributed by atoms with Crippen LogP contribution in [0.1, 0.15) is 27.9 Å². The summed E-state index contributed by atoms with van der Waals surface area (Å²) in [6.45, 7) is 0.157. The Bertz CT molecular complexity index is 1160. The Morgan fingerprint density at radius 2 is 1.84 bits per heavy atom. The number of hydrogen-bond acceptors (Lipinski definition) is 5. The van der Waals surface area contributed by atoms with Crippen LogP contribution >= 0.6 is 15.9 Å². The zero-order valence-electron chi connectivity index (χ0n) is 16.8. The lowest BCUT2D eigenvalue weighted by Crippen LogP contribution is -2.28. The summed E-state index contributed by atoms with van der Waals surface area (Å²) >= 11 is 3.42. The van der Waals surface area contributed by atoms with E-state index in [0.717, 1.165) is 15.9 Å². The fraction of sp³-hybridized carbons (Fsp3) is 0.250. The van der Waals surface area contributed by atoms with Crippen LogP contribution in [-0.4, -0.2) is 34.1 Å². The van der Waals surface area contributed by atoms with Gasteiger partial charge in [0.25, 0.3) is 11.8 Å². The first-order valence-corrected chi connectivity index (χ1v) is 11.1. The van der Waals surface area contributed by atoms with Gasteiger partial charge in [-0.25, -0.2) is 4.79 Å². The summed E-state index contributed by atoms with van der Waals surface area (Å²) in [5.41, 5.74) is 1.48. The number of hydrazone groups is 1. The number of nitrogens with zero attached hydrogens (tertiary/aromatic N) is 2. The van der Waals surface area contributed by atoms with Crippen LogP contribution in [0.3, 0.4) is 0 Å². The highest BCUT2D eigenvalue weighted by Gasteiger charge is 2.59. The molecule has 0 aromatic heterocycles. The normalized spacial score (nSPS) is 25.7. The van der Waals surface area contributed by atoms with Crippen LogP contribution in [0, 0.1) is 23.7 Å². The van der Waals surface area contributed by atoms with Crippen LogP contribution in [0.5, 0.6) is 5.75 Å². The Balaban J connectivity index is 1.34. The number of fused-ring (bicyclic) bond motifs is 5. The number of benzene rings is 2. The maximum atomic E-state index is 12.8. The zero-order valence-corrected chi connectivity index (χ0v) is 18.4. The monoisotopic (exact) mass is 494 g/mol. The van der Waals surface area contributed by atoms with Gasteiger partial charge in [-0.2, -0.15) is 10.1 Å². The Morgan fingerprint density at radius 1 is 1.12 bits per heavy atom. The van der Waals surface area contributed by atoms with Crippen molar-refractivity contribution in [3.63, 3.8) is 0 Å². The molecule has 0 spiro atoms. The highest BCUT2D eigenvalue weighted by Crippen LogP contribution is 2.52. The molecule has 2 fully saturated rings. The van der Waals surface area contributed by atoms with E-state index < -0.39 is 5.97 Å². The summed E-state index contributed by atoms with van der Waals surface area (Å²) < 4.78 is 6.69. The predicted molar refractivity (Wildman–Crippen MR) is 119 cm³/mol. The van der Waals surface area contributed by atoms with Gasteiger partial charge in [0.05, 0.1) is 23.6 Å². The molecule has 7 nitrogen and oxygen atoms in total. The molecule has 0 unspecified atom stereocenters. The molecule has 162 valence electrons. The van der Waals surface area contributed by atoms with Crippen molar-refractivity contribution in [3.05, 3.63) is 75.8 Å². The van der Waals surface area contributed by atoms with E-state index in [1.807, 2.05) is 12.2 Å². The average Bonchev–Trinajstić information content (AvgIpc) is 3.46. The van der Waals surface area contributed by atoms with Gasteiger partial charge >= 0.3 is 5.97 Å². The molecule has 4 atom stereocenters. The standard InChI is InChI=1S/C24H19BrN2O5/c25-18-6-7-19(32-12-13-2-1-3-16(8-13)24(30)31)17(10-18)11-26-27-22(28)20-14-4-5-15(9-14)21(20)23(27)29/h1-8,10-11,14-15,20-21H,9,12H2,(H,30,31)/t14-,15-,20-,21+/m0/s1. The number of rotatable bonds is 6. The lowest BCUT2D eigenvalue weighted by Gasteiger charge is -2.13. The Hall–Kier alpha value is -3.26. The minimum Gasteiger partial charge on any atom is -0.488 e. The van der Waals surface area contributed by atoms with Crippen molar-refractivity contribution in [2.24, 2.45) is 28.8 Å². The van der Waals surface area contributed by atoms with Crippen molar-refractivity contribution in [2.45, 2.75) is 13.0 Å². The molecule has 0 radical (unpaired) electrons. The fourth-order valence-corrected chi connectivity index (χ4v) is 5.21. The molecule has 2 bridgehead atoms. The van der Waals surface area contributed by atoms with E-state index in [1.165, 1.54) is 12.3 Å². The first-order chi connectivity index (χ1) is 15.4. The molecule has 5 rings (SSSR count). The number of carboxylic acid groups (broad SMARTS) is 1. The lowest BCUT2D eigenvalue weighted by molar-refractivity contribution is -0.140. The second-order valence-electron chi connectivity index (χ2n) is 8.21. The molecule has 1 saturated carbocycles. The van der Waals surface area contributed by atoms with Crippen LogP contribution < -0.4 is 4.74 Å². The van der Waals surface area contributed by atoms with Gasteiger partial charge in [-0.1, -0.05) is 40.2 Å². The largest absolute Gasteiger partial charge is 0.488 e. The van der Waals surface area contributed by atoms with E-state index in [4.69, 9.17) is 9.84 Å². The summed E-state index contributed by atoms with van der Waals surface area (Å²) in [5.74, 6) is -1.31. The molecular formula is C24H19BrN2O5. The average molecular weight is 495 g/mol. The number of ether oxygens (including phenoxy) is 1. The molecule has 1 N–H and O–H groups in total. The summed E-state index contributed by atoms with van der Waals surface area (Å²) in [4.78, 5) is 36.8. The summed E-state index contributed by atoms with van der Waals surface area (Å²) in [6, 6.07) is 11.8. The SMILES string of the molecule is O=C(O)c1cccc(COc2ccc(Br)cc2C=NN2C(=O)[C@@H]3[C@H](C2=O)[C@H]2C=C[C@H]3C2)c1. The van der Waals surface area contributed by atoms with E-state index in [-0.39, 0.29) is 47.7 Å². The third kappa shape index (κ3) is 3.54. The topological polar surface area (TPSA) is 96.3 Å². The van der Waals surface area contributed by atoms with Gasteiger partial charge in [0, 0.05) is 10.0 Å². The van der Waals surface area contributed by atoms with Crippen molar-refractivity contribution in [1.29, 1.82) is 0 Å². The molecule has 8 heteroatoms. The minimum atomic E-state index is -1.00. The Kier molecular flexibility index (Phi) is 5.17. The molecular weight excluding hydrogens is 476 g/mol. The van der Waals surface area contributed by atoms with E-state index in [1.54, 1.807) is 36.4 Å². The smallest absolute Gasteiger partial charge is 0.335 e.